The van der Waals surface area contributed by atoms with Crippen LogP contribution in [0.1, 0.15) is 236 Å². The molecule has 1 N–H and O–H groups in total. The van der Waals surface area contributed by atoms with E-state index in [9.17, 15) is 9.90 Å². The highest BCUT2D eigenvalue weighted by molar-refractivity contribution is 5.80. The maximum Gasteiger partial charge on any atom is 0.172 e. The largest absolute Gasteiger partial charge is 0.393 e. The van der Waals surface area contributed by atoms with Gasteiger partial charge in [0.25, 0.3) is 0 Å². The number of carbonyl (C=O) groups excluding carboxylic acids is 1. The predicted octanol–water partition coefficient (Wildman–Crippen LogP) is 15.4. The van der Waals surface area contributed by atoms with Crippen LogP contribution >= 0.6 is 0 Å². The highest BCUT2D eigenvalue weighted by atomic mass is 16.8. The van der Waals surface area contributed by atoms with Gasteiger partial charge in [-0.25, -0.2) is 0 Å². The molecule has 0 aromatic carbocycles. The van der Waals surface area contributed by atoms with Gasteiger partial charge in [0, 0.05) is 63.2 Å². The van der Waals surface area contributed by atoms with Crippen LogP contribution in [0.3, 0.4) is 0 Å². The first-order valence-corrected chi connectivity index (χ1v) is 41.5. The monoisotopic (exact) mass is 1420 g/mol. The summed E-state index contributed by atoms with van der Waals surface area (Å²) in [4.78, 5) is 13.6. The molecule has 0 aliphatic carbocycles. The second kappa shape index (κ2) is 31.1. The second-order valence-corrected chi connectivity index (χ2v) is 36.1. The van der Waals surface area contributed by atoms with Crippen molar-refractivity contribution in [2.45, 2.75) is 400 Å². The minimum absolute atomic E-state index is 0.00300. The molecule has 9 unspecified atom stereocenters. The van der Waals surface area contributed by atoms with Gasteiger partial charge >= 0.3 is 0 Å². The number of aliphatic hydroxyl groups is 1. The fourth-order valence-electron chi connectivity index (χ4n) is 22.0. The van der Waals surface area contributed by atoms with Gasteiger partial charge in [-0.2, -0.15) is 0 Å². The Hall–Kier alpha value is -2.49. The van der Waals surface area contributed by atoms with Crippen molar-refractivity contribution in [3.05, 3.63) is 72.9 Å². The number of hydrogen-bond donors (Lipinski definition) is 1. The molecule has 0 saturated carbocycles. The Morgan fingerprint density at radius 3 is 1.34 bits per heavy atom. The molecular formula is C86H130O16. The van der Waals surface area contributed by atoms with Crippen LogP contribution in [-0.4, -0.2) is 175 Å². The maximum absolute atomic E-state index is 13.6. The minimum Gasteiger partial charge on any atom is -0.393 e. The Balaban J connectivity index is 0.000000165. The predicted molar refractivity (Wildman–Crippen MR) is 389 cm³/mol. The average molecular weight is 1420 g/mol. The van der Waals surface area contributed by atoms with Crippen molar-refractivity contribution in [1.29, 1.82) is 0 Å². The van der Waals surface area contributed by atoms with Gasteiger partial charge in [-0.05, 0) is 172 Å². The summed E-state index contributed by atoms with van der Waals surface area (Å²) >= 11 is 0. The summed E-state index contributed by atoms with van der Waals surface area (Å²) < 4.78 is 95.1. The third-order valence-corrected chi connectivity index (χ3v) is 29.0. The third kappa shape index (κ3) is 15.3. The molecule has 18 rings (SSSR count). The van der Waals surface area contributed by atoms with Crippen LogP contribution in [0.4, 0.5) is 0 Å². The highest BCUT2D eigenvalue weighted by Crippen LogP contribution is 2.57. The molecule has 0 amide bonds. The van der Waals surface area contributed by atoms with Gasteiger partial charge in [0.1, 0.15) is 42.4 Å². The molecule has 2 spiro atoms. The molecule has 18 aliphatic rings. The molecule has 0 radical (unpaired) electrons. The quantitative estimate of drug-likeness (QED) is 0.249. The normalized spacial score (nSPS) is 52.1. The van der Waals surface area contributed by atoms with Crippen molar-refractivity contribution in [3.63, 3.8) is 0 Å². The lowest BCUT2D eigenvalue weighted by molar-refractivity contribution is -0.263. The lowest BCUT2D eigenvalue weighted by atomic mass is 9.78. The van der Waals surface area contributed by atoms with Crippen LogP contribution in [0.2, 0.25) is 0 Å². The second-order valence-electron chi connectivity index (χ2n) is 36.1. The fraction of sp³-hybridized carbons (Fsp3) is 0.849. The summed E-state index contributed by atoms with van der Waals surface area (Å²) in [5.74, 6) is 2.34. The molecule has 570 valence electrons. The van der Waals surface area contributed by atoms with Gasteiger partial charge in [0.15, 0.2) is 11.6 Å². The molecule has 18 aliphatic heterocycles. The molecular weight excluding hydrogens is 1290 g/mol. The van der Waals surface area contributed by atoms with Crippen molar-refractivity contribution >= 4 is 5.78 Å². The van der Waals surface area contributed by atoms with Crippen molar-refractivity contribution < 1.29 is 76.2 Å². The first-order valence-electron chi connectivity index (χ1n) is 41.5. The van der Waals surface area contributed by atoms with Gasteiger partial charge in [0.05, 0.1) is 116 Å². The standard InChI is InChI=1S/C43H66O8.C43H64O8/c2*1-8-23(2)17-35-27(6)32-20-29(44)11-9-10-12-34-28(7)39-41-42(48-34)40-38(49-41)22-43(50-39,51-40)16-15-31-19-25(4)33(45-31)14-13-30-18-24(3)26(5)36(46-30)21-37(32)47-35/h9-10,23-24,27-42,44H,4-5,8,11-22H2,1-3,6-7H3;9-10,23-24,27-28,30-42H,4-5,8,11-22H2,1-3,6-7H3/b2*10-9+/t23-,24-,27-,28?,29?,30?,31?,32-,33+,34+,35-,36-,37?,38-,39+,40+,41+,42+,43-;23-,24-,27-,28?,30?,31?,32-,33+,34+,35-,36-,37?,38-,39+,40+,41+,42+,43-/m11/s1. The smallest absolute Gasteiger partial charge is 0.172 e. The summed E-state index contributed by atoms with van der Waals surface area (Å²) in [6.45, 7) is 40.9. The first kappa shape index (κ1) is 74.9. The first-order chi connectivity index (χ1) is 49.0. The number of carbonyl (C=O) groups is 1. The van der Waals surface area contributed by atoms with E-state index in [1.54, 1.807) is 0 Å². The fourth-order valence-corrected chi connectivity index (χ4v) is 22.0. The summed E-state index contributed by atoms with van der Waals surface area (Å²) in [7, 11) is 0. The Morgan fingerprint density at radius 2 is 0.853 bits per heavy atom. The zero-order chi connectivity index (χ0) is 71.2. The molecule has 16 fully saturated rings. The van der Waals surface area contributed by atoms with Gasteiger partial charge < -0.3 is 71.4 Å². The van der Waals surface area contributed by atoms with Crippen molar-refractivity contribution in [2.75, 3.05) is 0 Å². The van der Waals surface area contributed by atoms with E-state index in [4.69, 9.17) is 66.3 Å². The van der Waals surface area contributed by atoms with Gasteiger partial charge in [-0.15, -0.1) is 0 Å². The van der Waals surface area contributed by atoms with Crippen LogP contribution < -0.4 is 0 Å². The zero-order valence-electron chi connectivity index (χ0n) is 63.8. The number of hydrogen-bond acceptors (Lipinski definition) is 16. The van der Waals surface area contributed by atoms with Crippen LogP contribution in [0, 0.1) is 59.2 Å². The molecule has 102 heavy (non-hydrogen) atoms. The number of allylic oxidation sites excluding steroid dienone is 1. The molecule has 16 saturated heterocycles. The highest BCUT2D eigenvalue weighted by Gasteiger charge is 2.69. The van der Waals surface area contributed by atoms with E-state index < -0.39 is 17.7 Å². The molecule has 0 aromatic rings. The van der Waals surface area contributed by atoms with E-state index >= 15 is 0 Å². The van der Waals surface area contributed by atoms with E-state index in [1.165, 1.54) is 22.3 Å². The molecule has 37 atom stereocenters. The van der Waals surface area contributed by atoms with Crippen molar-refractivity contribution in [1.82, 2.24) is 0 Å². The Labute approximate surface area is 611 Å². The third-order valence-electron chi connectivity index (χ3n) is 29.0. The lowest BCUT2D eigenvalue weighted by Crippen LogP contribution is -2.54. The summed E-state index contributed by atoms with van der Waals surface area (Å²) in [5.41, 5.74) is 4.74. The molecule has 0 aromatic heterocycles. The lowest BCUT2D eigenvalue weighted by Gasteiger charge is -2.42. The molecule has 18 heterocycles. The summed E-state index contributed by atoms with van der Waals surface area (Å²) in [5, 5.41) is 11.5. The number of ketones is 1. The molecule has 16 heteroatoms. The number of ether oxygens (including phenoxy) is 14. The van der Waals surface area contributed by atoms with Crippen LogP contribution in [-0.2, 0) is 71.1 Å². The van der Waals surface area contributed by atoms with Crippen LogP contribution in [0.5, 0.6) is 0 Å². The van der Waals surface area contributed by atoms with Crippen molar-refractivity contribution in [3.8, 4) is 0 Å². The van der Waals surface area contributed by atoms with Crippen molar-refractivity contribution in [2.24, 2.45) is 59.2 Å². The Morgan fingerprint density at radius 1 is 0.431 bits per heavy atom. The van der Waals surface area contributed by atoms with E-state index in [0.717, 1.165) is 148 Å². The van der Waals surface area contributed by atoms with E-state index in [1.807, 2.05) is 0 Å². The Bertz CT molecular complexity index is 3040. The average Bonchev–Trinajstić information content (AvgIpc) is 1.56. The maximum atomic E-state index is 13.6. The SMILES string of the molecule is C=C1CC2CC[C@@]34C[C@H]5O[C@@H]6[C@@H](O[C@@H](C/C=C/CC(=O)C[C@H]7C(C[C@H]8OC(CC[C@@H]1O2)C[C@@H](C)C8=C)O[C@H](C[C@H](C)CC)[C@@H]7C)C(C)[C@@H]6O3)[C@H]5O4.C=C1CC2CC[C@@]34C[C@H]5O[C@@H]6[C@@H](O[C@@H](C/C=C/CC(O)C[C@H]7C(C[C@H]8OC(CC[C@@H]1O2)C[C@@H](C)C8=C)O[C@H](C[C@H](C)CC)[C@@H]7C)C(C)[C@@H]6O3)[C@H]5O4. The van der Waals surface area contributed by atoms with E-state index in [-0.39, 0.29) is 176 Å². The minimum atomic E-state index is -0.662. The molecule has 16 nitrogen and oxygen atoms in total. The zero-order valence-corrected chi connectivity index (χ0v) is 63.8. The van der Waals surface area contributed by atoms with Gasteiger partial charge in [0.2, 0.25) is 0 Å². The van der Waals surface area contributed by atoms with E-state index in [2.05, 4.69) is 120 Å². The van der Waals surface area contributed by atoms with E-state index in [0.29, 0.717) is 54.8 Å². The topological polar surface area (TPSA) is 167 Å². The Kier molecular flexibility index (Phi) is 22.9. The van der Waals surface area contributed by atoms with Gasteiger partial charge in [-0.1, -0.05) is 133 Å². The number of aliphatic hydroxyl groups excluding tert-OH is 1. The molecule has 22 bridgehead atoms. The van der Waals surface area contributed by atoms with Crippen LogP contribution in [0.25, 0.3) is 0 Å². The number of rotatable bonds is 6. The van der Waals surface area contributed by atoms with Gasteiger partial charge in [-0.3, -0.25) is 4.79 Å². The van der Waals surface area contributed by atoms with Crippen LogP contribution in [0.15, 0.2) is 72.9 Å². The number of fused-ring (bicyclic) bond motifs is 12. The summed E-state index contributed by atoms with van der Waals surface area (Å²) in [6.07, 6.45) is 30.3. The summed E-state index contributed by atoms with van der Waals surface area (Å²) in [6, 6.07) is 0. The number of Topliss-reactive ketones (excluding diaryl/α,β-unsaturated/α-hetero) is 1.